The summed E-state index contributed by atoms with van der Waals surface area (Å²) in [6.45, 7) is 3.88. The Labute approximate surface area is 109 Å². The number of thiazole rings is 1. The molecule has 1 aromatic rings. The van der Waals surface area contributed by atoms with E-state index in [9.17, 15) is 4.79 Å². The van der Waals surface area contributed by atoms with Crippen molar-refractivity contribution in [3.05, 3.63) is 27.9 Å². The van der Waals surface area contributed by atoms with Crippen LogP contribution in [-0.2, 0) is 10.5 Å². The molecule has 0 fully saturated rings. The van der Waals surface area contributed by atoms with E-state index in [4.69, 9.17) is 0 Å². The molecular formula is C12H14N2OS2. The number of thioether (sulfide) groups is 1. The summed E-state index contributed by atoms with van der Waals surface area (Å²) in [5.74, 6) is 1.01. The maximum atomic E-state index is 11.3. The van der Waals surface area contributed by atoms with Crippen LogP contribution in [-0.4, -0.2) is 15.8 Å². The molecule has 0 aromatic carbocycles. The first-order valence-corrected chi connectivity index (χ1v) is 7.32. The Morgan fingerprint density at radius 2 is 2.24 bits per heavy atom. The number of hydrogen-bond donors (Lipinski definition) is 0. The number of hydrogen-bond acceptors (Lipinski definition) is 5. The number of aliphatic imine (C=N–C) groups is 1. The summed E-state index contributed by atoms with van der Waals surface area (Å²) in [4.78, 5) is 20.2. The van der Waals surface area contributed by atoms with E-state index in [0.29, 0.717) is 6.42 Å². The highest BCUT2D eigenvalue weighted by Crippen LogP contribution is 2.21. The van der Waals surface area contributed by atoms with Gasteiger partial charge in [0.15, 0.2) is 5.78 Å². The van der Waals surface area contributed by atoms with Crippen molar-refractivity contribution >= 4 is 33.9 Å². The molecule has 0 radical (unpaired) electrons. The summed E-state index contributed by atoms with van der Waals surface area (Å²) in [6.07, 6.45) is 2.94. The van der Waals surface area contributed by atoms with E-state index in [1.807, 2.05) is 13.8 Å². The third-order valence-corrected chi connectivity index (χ3v) is 4.20. The first kappa shape index (κ1) is 12.5. The van der Waals surface area contributed by atoms with Crippen molar-refractivity contribution in [3.8, 4) is 0 Å². The molecule has 0 aliphatic carbocycles. The number of allylic oxidation sites excluding steroid dienone is 2. The van der Waals surface area contributed by atoms with Crippen molar-refractivity contribution in [1.82, 2.24) is 4.98 Å². The zero-order valence-corrected chi connectivity index (χ0v) is 11.5. The van der Waals surface area contributed by atoms with E-state index in [1.54, 1.807) is 29.2 Å². The van der Waals surface area contributed by atoms with Crippen LogP contribution in [0.3, 0.4) is 0 Å². The summed E-state index contributed by atoms with van der Waals surface area (Å²) in [5, 5.41) is 4.21. The lowest BCUT2D eigenvalue weighted by molar-refractivity contribution is -0.114. The molecular weight excluding hydrogens is 252 g/mol. The van der Waals surface area contributed by atoms with Crippen molar-refractivity contribution in [3.63, 3.8) is 0 Å². The molecule has 0 saturated carbocycles. The van der Waals surface area contributed by atoms with Crippen LogP contribution in [0.1, 0.15) is 30.5 Å². The van der Waals surface area contributed by atoms with E-state index in [0.717, 1.165) is 33.6 Å². The van der Waals surface area contributed by atoms with Gasteiger partial charge in [-0.2, -0.15) is 0 Å². The Kier molecular flexibility index (Phi) is 4.12. The number of aromatic nitrogens is 1. The first-order chi connectivity index (χ1) is 8.13. The van der Waals surface area contributed by atoms with Gasteiger partial charge in [-0.3, -0.25) is 9.79 Å². The van der Waals surface area contributed by atoms with Gasteiger partial charge in [-0.25, -0.2) is 4.98 Å². The van der Waals surface area contributed by atoms with Gasteiger partial charge in [0.25, 0.3) is 0 Å². The van der Waals surface area contributed by atoms with Crippen LogP contribution < -0.4 is 0 Å². The molecule has 0 bridgehead atoms. The Balaban J connectivity index is 1.96. The van der Waals surface area contributed by atoms with Crippen LogP contribution in [0.2, 0.25) is 0 Å². The minimum atomic E-state index is 0.173. The van der Waals surface area contributed by atoms with Gasteiger partial charge in [0.2, 0.25) is 0 Å². The summed E-state index contributed by atoms with van der Waals surface area (Å²) < 4.78 is 0. The van der Waals surface area contributed by atoms with Crippen molar-refractivity contribution in [1.29, 1.82) is 0 Å². The zero-order valence-electron chi connectivity index (χ0n) is 9.90. The average molecular weight is 266 g/mol. The second-order valence-corrected chi connectivity index (χ2v) is 6.01. The van der Waals surface area contributed by atoms with Gasteiger partial charge < -0.3 is 0 Å². The van der Waals surface area contributed by atoms with Crippen molar-refractivity contribution in [2.24, 2.45) is 4.99 Å². The van der Waals surface area contributed by atoms with Crippen LogP contribution in [0.15, 0.2) is 22.1 Å². The normalized spacial score (nSPS) is 16.5. The summed E-state index contributed by atoms with van der Waals surface area (Å²) in [6, 6.07) is 0. The Morgan fingerprint density at radius 3 is 2.94 bits per heavy atom. The summed E-state index contributed by atoms with van der Waals surface area (Å²) in [5.41, 5.74) is 1.90. The highest BCUT2D eigenvalue weighted by Gasteiger charge is 2.10. The molecule has 0 saturated heterocycles. The second-order valence-electron chi connectivity index (χ2n) is 3.90. The van der Waals surface area contributed by atoms with Crippen molar-refractivity contribution in [2.45, 2.75) is 32.4 Å². The van der Waals surface area contributed by atoms with E-state index >= 15 is 0 Å². The van der Waals surface area contributed by atoms with E-state index in [1.165, 1.54) is 0 Å². The molecule has 1 aliphatic rings. The first-order valence-electron chi connectivity index (χ1n) is 5.46. The minimum Gasteiger partial charge on any atom is -0.295 e. The number of rotatable bonds is 2. The molecule has 90 valence electrons. The number of ketones is 1. The molecule has 1 aromatic heterocycles. The Hall–Kier alpha value is -0.940. The summed E-state index contributed by atoms with van der Waals surface area (Å²) in [7, 11) is 0. The molecule has 5 heteroatoms. The molecule has 0 amide bonds. The third kappa shape index (κ3) is 3.78. The number of aryl methyl sites for hydroxylation is 1. The van der Waals surface area contributed by atoms with Crippen molar-refractivity contribution in [2.75, 3.05) is 0 Å². The lowest BCUT2D eigenvalue weighted by Gasteiger charge is -2.01. The quantitative estimate of drug-likeness (QED) is 0.824. The molecule has 0 atom stereocenters. The standard InChI is InChI=1S/C12H14N2OS2/c1-8-5-11(15)3-4-12(13-8)17-7-10-6-16-9(2)14-10/h5-6H,3-4,7H2,1-2H3. The molecule has 3 nitrogen and oxygen atoms in total. The number of carbonyl (C=O) groups is 1. The highest BCUT2D eigenvalue weighted by molar-refractivity contribution is 8.13. The lowest BCUT2D eigenvalue weighted by Crippen LogP contribution is -1.96. The van der Waals surface area contributed by atoms with Gasteiger partial charge in [-0.15, -0.1) is 23.1 Å². The molecule has 0 N–H and O–H groups in total. The molecule has 17 heavy (non-hydrogen) atoms. The van der Waals surface area contributed by atoms with Gasteiger partial charge in [0, 0.05) is 35.7 Å². The molecule has 0 spiro atoms. The molecule has 1 aliphatic heterocycles. The van der Waals surface area contributed by atoms with Gasteiger partial charge in [0.1, 0.15) is 0 Å². The van der Waals surface area contributed by atoms with E-state index in [2.05, 4.69) is 15.4 Å². The largest absolute Gasteiger partial charge is 0.295 e. The van der Waals surface area contributed by atoms with E-state index in [-0.39, 0.29) is 5.78 Å². The highest BCUT2D eigenvalue weighted by atomic mass is 32.2. The van der Waals surface area contributed by atoms with Crippen LogP contribution >= 0.6 is 23.1 Å². The molecule has 2 rings (SSSR count). The molecule has 2 heterocycles. The van der Waals surface area contributed by atoms with Gasteiger partial charge >= 0.3 is 0 Å². The lowest BCUT2D eigenvalue weighted by atomic mass is 10.2. The van der Waals surface area contributed by atoms with Crippen LogP contribution in [0.5, 0.6) is 0 Å². The third-order valence-electron chi connectivity index (χ3n) is 2.31. The van der Waals surface area contributed by atoms with Crippen LogP contribution in [0.25, 0.3) is 0 Å². The minimum absolute atomic E-state index is 0.173. The average Bonchev–Trinajstić information content (AvgIpc) is 2.60. The van der Waals surface area contributed by atoms with Gasteiger partial charge in [-0.05, 0) is 13.8 Å². The smallest absolute Gasteiger partial charge is 0.157 e. The maximum absolute atomic E-state index is 11.3. The van der Waals surface area contributed by atoms with Gasteiger partial charge in [-0.1, -0.05) is 0 Å². The number of nitrogens with zero attached hydrogens (tertiary/aromatic N) is 2. The fourth-order valence-corrected chi connectivity index (χ4v) is 3.19. The Bertz CT molecular complexity index is 488. The second kappa shape index (κ2) is 5.60. The maximum Gasteiger partial charge on any atom is 0.157 e. The van der Waals surface area contributed by atoms with Crippen LogP contribution in [0, 0.1) is 6.92 Å². The monoisotopic (exact) mass is 266 g/mol. The summed E-state index contributed by atoms with van der Waals surface area (Å²) >= 11 is 3.35. The fourth-order valence-electron chi connectivity index (χ4n) is 1.56. The van der Waals surface area contributed by atoms with Gasteiger partial charge in [0.05, 0.1) is 15.7 Å². The molecule has 0 unspecified atom stereocenters. The topological polar surface area (TPSA) is 42.3 Å². The van der Waals surface area contributed by atoms with E-state index < -0.39 is 0 Å². The van der Waals surface area contributed by atoms with Crippen LogP contribution in [0.4, 0.5) is 0 Å². The fraction of sp³-hybridized carbons (Fsp3) is 0.417. The zero-order chi connectivity index (χ0) is 12.3. The predicted octanol–water partition coefficient (Wildman–Crippen LogP) is 3.35. The van der Waals surface area contributed by atoms with Crippen molar-refractivity contribution < 1.29 is 4.79 Å². The SMILES string of the molecule is CC1=CC(=O)CCC(SCc2csc(C)n2)=N1. The number of carbonyl (C=O) groups excluding carboxylic acids is 1. The Morgan fingerprint density at radius 1 is 1.41 bits per heavy atom. The predicted molar refractivity (Wildman–Crippen MR) is 73.6 cm³/mol.